The van der Waals surface area contributed by atoms with Crippen LogP contribution >= 0.6 is 0 Å². The minimum atomic E-state index is -3.33. The molecule has 0 atom stereocenters. The fourth-order valence-corrected chi connectivity index (χ4v) is 4.87. The van der Waals surface area contributed by atoms with E-state index in [9.17, 15) is 26.4 Å². The molecule has 12 nitrogen and oxygen atoms in total. The number of rotatable bonds is 12. The average molecular weight is 571 g/mol. The molecule has 2 rings (SSSR count). The molecular weight excluding hydrogens is 536 g/mol. The number of ether oxygens (including phenoxy) is 2. The standard InChI is InChI=1S/C24H34N4O8S2/c1-5-37(31,32)21-11-7-19(8-12-21)26(3)23(29)35-17-15-28(25)16-18-36-24(30)27(4)20-9-13-22(14-10-20)38(33,34)6-2/h7-14H,5-6,15-18,25H2,1-4H3. The minimum Gasteiger partial charge on any atom is -0.448 e. The third-order valence-electron chi connectivity index (χ3n) is 5.68. The first-order chi connectivity index (χ1) is 17.8. The zero-order chi connectivity index (χ0) is 28.5. The van der Waals surface area contributed by atoms with Crippen LogP contribution in [0.5, 0.6) is 0 Å². The lowest BCUT2D eigenvalue weighted by Crippen LogP contribution is -2.39. The lowest BCUT2D eigenvalue weighted by molar-refractivity contribution is 0.113. The summed E-state index contributed by atoms with van der Waals surface area (Å²) >= 11 is 0. The quantitative estimate of drug-likeness (QED) is 0.297. The predicted octanol–water partition coefficient (Wildman–Crippen LogP) is 2.30. The molecule has 0 saturated heterocycles. The van der Waals surface area contributed by atoms with Crippen LogP contribution in [0.15, 0.2) is 58.3 Å². The van der Waals surface area contributed by atoms with Crippen molar-refractivity contribution in [2.45, 2.75) is 23.6 Å². The summed E-state index contributed by atoms with van der Waals surface area (Å²) in [6.07, 6.45) is -1.29. The molecule has 0 aliphatic rings. The van der Waals surface area contributed by atoms with Crippen LogP contribution < -0.4 is 15.6 Å². The lowest BCUT2D eigenvalue weighted by atomic mass is 10.3. The first-order valence-corrected chi connectivity index (χ1v) is 15.1. The van der Waals surface area contributed by atoms with Crippen molar-refractivity contribution in [3.05, 3.63) is 48.5 Å². The third-order valence-corrected chi connectivity index (χ3v) is 9.18. The maximum Gasteiger partial charge on any atom is 0.414 e. The van der Waals surface area contributed by atoms with Gasteiger partial charge in [-0.15, -0.1) is 0 Å². The molecule has 0 aromatic heterocycles. The molecule has 2 aromatic carbocycles. The molecule has 0 saturated carbocycles. The summed E-state index contributed by atoms with van der Waals surface area (Å²) < 4.78 is 58.1. The van der Waals surface area contributed by atoms with Gasteiger partial charge in [-0.3, -0.25) is 15.6 Å². The predicted molar refractivity (Wildman–Crippen MR) is 144 cm³/mol. The van der Waals surface area contributed by atoms with Gasteiger partial charge in [0.25, 0.3) is 0 Å². The number of nitrogens with two attached hydrogens (primary N) is 1. The largest absolute Gasteiger partial charge is 0.448 e. The average Bonchev–Trinajstić information content (AvgIpc) is 2.92. The Labute approximate surface area is 223 Å². The highest BCUT2D eigenvalue weighted by molar-refractivity contribution is 7.91. The van der Waals surface area contributed by atoms with E-state index in [0.717, 1.165) is 0 Å². The van der Waals surface area contributed by atoms with Crippen molar-refractivity contribution in [3.8, 4) is 0 Å². The Bertz CT molecular complexity index is 1200. The van der Waals surface area contributed by atoms with E-state index in [0.29, 0.717) is 11.4 Å². The van der Waals surface area contributed by atoms with Gasteiger partial charge in [0.1, 0.15) is 13.2 Å². The van der Waals surface area contributed by atoms with Gasteiger partial charge in [0.05, 0.1) is 21.3 Å². The van der Waals surface area contributed by atoms with Crippen molar-refractivity contribution in [1.82, 2.24) is 5.01 Å². The Morgan fingerprint density at radius 2 is 1.00 bits per heavy atom. The van der Waals surface area contributed by atoms with E-state index in [1.54, 1.807) is 13.8 Å². The smallest absolute Gasteiger partial charge is 0.414 e. The molecule has 0 aliphatic heterocycles. The molecular formula is C24H34N4O8S2. The van der Waals surface area contributed by atoms with Crippen LogP contribution in [0.2, 0.25) is 0 Å². The van der Waals surface area contributed by atoms with Gasteiger partial charge in [-0.05, 0) is 48.5 Å². The maximum atomic E-state index is 12.3. The van der Waals surface area contributed by atoms with E-state index in [4.69, 9.17) is 15.3 Å². The first kappa shape index (κ1) is 31.0. The Morgan fingerprint density at radius 3 is 1.29 bits per heavy atom. The molecule has 38 heavy (non-hydrogen) atoms. The fourth-order valence-electron chi connectivity index (χ4n) is 3.10. The second kappa shape index (κ2) is 13.6. The van der Waals surface area contributed by atoms with Crippen molar-refractivity contribution >= 4 is 43.2 Å². The molecule has 0 unspecified atom stereocenters. The molecule has 2 aromatic rings. The summed E-state index contributed by atoms with van der Waals surface area (Å²) in [5, 5.41) is 1.33. The number of carbonyl (C=O) groups excluding carboxylic acids is 2. The van der Waals surface area contributed by atoms with Crippen molar-refractivity contribution in [2.75, 3.05) is 61.7 Å². The Balaban J connectivity index is 1.74. The highest BCUT2D eigenvalue weighted by Gasteiger charge is 2.17. The van der Waals surface area contributed by atoms with Crippen LogP contribution in [0.25, 0.3) is 0 Å². The monoisotopic (exact) mass is 570 g/mol. The van der Waals surface area contributed by atoms with Crippen molar-refractivity contribution in [1.29, 1.82) is 0 Å². The van der Waals surface area contributed by atoms with E-state index in [-0.39, 0.29) is 47.6 Å². The number of carbonyl (C=O) groups is 2. The molecule has 0 heterocycles. The summed E-state index contributed by atoms with van der Waals surface area (Å²) in [4.78, 5) is 27.4. The number of benzene rings is 2. The Hall–Kier alpha value is -3.20. The Kier molecular flexibility index (Phi) is 11.1. The van der Waals surface area contributed by atoms with E-state index in [1.807, 2.05) is 0 Å². The van der Waals surface area contributed by atoms with Gasteiger partial charge < -0.3 is 9.47 Å². The number of nitrogens with zero attached hydrogens (tertiary/aromatic N) is 3. The summed E-state index contributed by atoms with van der Waals surface area (Å²) in [6, 6.07) is 11.8. The molecule has 0 spiro atoms. The van der Waals surface area contributed by atoms with Gasteiger partial charge in [0.2, 0.25) is 0 Å². The maximum absolute atomic E-state index is 12.3. The zero-order valence-corrected chi connectivity index (χ0v) is 23.5. The molecule has 0 aliphatic carbocycles. The summed E-state index contributed by atoms with van der Waals surface area (Å²) in [5.41, 5.74) is 0.930. The van der Waals surface area contributed by atoms with Crippen molar-refractivity contribution in [3.63, 3.8) is 0 Å². The van der Waals surface area contributed by atoms with Crippen LogP contribution in [0.3, 0.4) is 0 Å². The summed E-state index contributed by atoms with van der Waals surface area (Å²) in [7, 11) is -3.67. The summed E-state index contributed by atoms with van der Waals surface area (Å²) in [5.74, 6) is 5.84. The summed E-state index contributed by atoms with van der Waals surface area (Å²) in [6.45, 7) is 3.41. The Morgan fingerprint density at radius 1 is 0.684 bits per heavy atom. The van der Waals surface area contributed by atoms with Gasteiger partial charge in [0, 0.05) is 38.6 Å². The van der Waals surface area contributed by atoms with E-state index in [1.165, 1.54) is 77.4 Å². The lowest BCUT2D eigenvalue weighted by Gasteiger charge is -2.21. The zero-order valence-electron chi connectivity index (χ0n) is 21.9. The van der Waals surface area contributed by atoms with Gasteiger partial charge >= 0.3 is 12.2 Å². The van der Waals surface area contributed by atoms with Crippen molar-refractivity contribution < 1.29 is 35.9 Å². The number of sulfone groups is 2. The molecule has 14 heteroatoms. The molecule has 0 bridgehead atoms. The van der Waals surface area contributed by atoms with Crippen LogP contribution in [0.1, 0.15) is 13.8 Å². The number of anilines is 2. The van der Waals surface area contributed by atoms with Crippen LogP contribution in [0.4, 0.5) is 21.0 Å². The highest BCUT2D eigenvalue weighted by Crippen LogP contribution is 2.19. The van der Waals surface area contributed by atoms with Gasteiger partial charge in [-0.25, -0.2) is 31.4 Å². The topological polar surface area (TPSA) is 157 Å². The number of amides is 2. The fraction of sp³-hybridized carbons (Fsp3) is 0.417. The molecule has 2 amide bonds. The molecule has 210 valence electrons. The minimum absolute atomic E-state index is 0.0170. The SMILES string of the molecule is CCS(=O)(=O)c1ccc(N(C)C(=O)OCCN(N)CCOC(=O)N(C)c2ccc(S(=O)(=O)CC)cc2)cc1. The van der Waals surface area contributed by atoms with E-state index < -0.39 is 31.9 Å². The normalized spacial score (nSPS) is 11.7. The van der Waals surface area contributed by atoms with Gasteiger partial charge in [-0.1, -0.05) is 13.8 Å². The van der Waals surface area contributed by atoms with Gasteiger partial charge in [-0.2, -0.15) is 0 Å². The second-order valence-corrected chi connectivity index (χ2v) is 12.7. The van der Waals surface area contributed by atoms with E-state index >= 15 is 0 Å². The number of hydrogen-bond donors (Lipinski definition) is 1. The second-order valence-electron chi connectivity index (χ2n) is 8.18. The first-order valence-electron chi connectivity index (χ1n) is 11.8. The third kappa shape index (κ3) is 8.41. The van der Waals surface area contributed by atoms with Crippen LogP contribution in [0, 0.1) is 0 Å². The highest BCUT2D eigenvalue weighted by atomic mass is 32.2. The molecule has 2 N–H and O–H groups in total. The number of hydrogen-bond acceptors (Lipinski definition) is 10. The van der Waals surface area contributed by atoms with Crippen LogP contribution in [-0.2, 0) is 29.1 Å². The van der Waals surface area contributed by atoms with Crippen LogP contribution in [-0.4, -0.2) is 85.9 Å². The van der Waals surface area contributed by atoms with Gasteiger partial charge in [0.15, 0.2) is 19.7 Å². The molecule has 0 fully saturated rings. The van der Waals surface area contributed by atoms with Crippen molar-refractivity contribution in [2.24, 2.45) is 5.84 Å². The van der Waals surface area contributed by atoms with E-state index in [2.05, 4.69) is 0 Å². The molecule has 0 radical (unpaired) electrons. The number of hydrazine groups is 1.